The number of ketones is 1. The monoisotopic (exact) mass is 376 g/mol. The first-order valence-corrected chi connectivity index (χ1v) is 9.19. The van der Waals surface area contributed by atoms with Crippen LogP contribution in [0, 0.1) is 34.6 Å². The second-order valence-corrected chi connectivity index (χ2v) is 7.04. The highest BCUT2D eigenvalue weighted by Crippen LogP contribution is 2.20. The second kappa shape index (κ2) is 7.80. The summed E-state index contributed by atoms with van der Waals surface area (Å²) in [5.74, 6) is -0.744. The van der Waals surface area contributed by atoms with E-state index in [-0.39, 0.29) is 12.4 Å². The molecule has 0 aliphatic carbocycles. The SMILES string of the molecule is Cc1cc(C)c(C(=O)COC(=O)c2c(C)nn(-c3ccccc3)c2C)cc1C. The Labute approximate surface area is 165 Å². The van der Waals surface area contributed by atoms with Gasteiger partial charge in [0, 0.05) is 5.56 Å². The highest BCUT2D eigenvalue weighted by molar-refractivity contribution is 6.01. The molecule has 0 spiro atoms. The van der Waals surface area contributed by atoms with Crippen molar-refractivity contribution in [1.29, 1.82) is 0 Å². The van der Waals surface area contributed by atoms with Crippen LogP contribution in [0.1, 0.15) is 48.8 Å². The number of hydrogen-bond donors (Lipinski definition) is 0. The van der Waals surface area contributed by atoms with Crippen molar-refractivity contribution in [2.75, 3.05) is 6.61 Å². The summed E-state index contributed by atoms with van der Waals surface area (Å²) >= 11 is 0. The van der Waals surface area contributed by atoms with E-state index >= 15 is 0 Å². The molecule has 0 aliphatic heterocycles. The third kappa shape index (κ3) is 3.74. The number of carbonyl (C=O) groups excluding carboxylic acids is 2. The maximum Gasteiger partial charge on any atom is 0.342 e. The Hall–Kier alpha value is -3.21. The summed E-state index contributed by atoms with van der Waals surface area (Å²) in [4.78, 5) is 25.2. The van der Waals surface area contributed by atoms with Crippen LogP contribution in [0.5, 0.6) is 0 Å². The molecule has 2 aromatic carbocycles. The topological polar surface area (TPSA) is 61.2 Å². The van der Waals surface area contributed by atoms with Crippen molar-refractivity contribution in [1.82, 2.24) is 9.78 Å². The number of carbonyl (C=O) groups is 2. The first-order valence-electron chi connectivity index (χ1n) is 9.19. The summed E-state index contributed by atoms with van der Waals surface area (Å²) in [5.41, 5.74) is 6.15. The molecule has 0 saturated heterocycles. The number of aromatic nitrogens is 2. The number of rotatable bonds is 5. The first-order chi connectivity index (χ1) is 13.3. The van der Waals surface area contributed by atoms with Gasteiger partial charge in [-0.05, 0) is 69.5 Å². The lowest BCUT2D eigenvalue weighted by Gasteiger charge is -2.10. The molecule has 3 aromatic rings. The van der Waals surface area contributed by atoms with Crippen molar-refractivity contribution in [3.8, 4) is 5.69 Å². The van der Waals surface area contributed by atoms with Crippen LogP contribution in [0.4, 0.5) is 0 Å². The summed E-state index contributed by atoms with van der Waals surface area (Å²) in [7, 11) is 0. The van der Waals surface area contributed by atoms with Crippen LogP contribution in [0.15, 0.2) is 42.5 Å². The molecule has 0 unspecified atom stereocenters. The van der Waals surface area contributed by atoms with Crippen LogP contribution in [0.25, 0.3) is 5.69 Å². The molecular weight excluding hydrogens is 352 g/mol. The lowest BCUT2D eigenvalue weighted by Crippen LogP contribution is -2.16. The molecule has 0 fully saturated rings. The smallest absolute Gasteiger partial charge is 0.342 e. The minimum Gasteiger partial charge on any atom is -0.454 e. The molecule has 28 heavy (non-hydrogen) atoms. The predicted octanol–water partition coefficient (Wildman–Crippen LogP) is 4.45. The normalized spacial score (nSPS) is 10.8. The first kappa shape index (κ1) is 19.5. The number of nitrogens with zero attached hydrogens (tertiary/aromatic N) is 2. The Morgan fingerprint density at radius 1 is 0.929 bits per heavy atom. The average molecular weight is 376 g/mol. The largest absolute Gasteiger partial charge is 0.454 e. The molecule has 0 amide bonds. The molecular formula is C23H24N2O3. The van der Waals surface area contributed by atoms with Gasteiger partial charge in [0.25, 0.3) is 0 Å². The van der Waals surface area contributed by atoms with Gasteiger partial charge in [0.2, 0.25) is 5.78 Å². The Morgan fingerprint density at radius 3 is 2.25 bits per heavy atom. The van der Waals surface area contributed by atoms with Crippen molar-refractivity contribution < 1.29 is 14.3 Å². The number of Topliss-reactive ketones (excluding diaryl/α,β-unsaturated/α-hetero) is 1. The van der Waals surface area contributed by atoms with E-state index in [1.54, 1.807) is 11.6 Å². The van der Waals surface area contributed by atoms with Gasteiger partial charge >= 0.3 is 5.97 Å². The minimum absolute atomic E-state index is 0.209. The molecule has 0 radical (unpaired) electrons. The van der Waals surface area contributed by atoms with Gasteiger partial charge in [0.05, 0.1) is 17.1 Å². The van der Waals surface area contributed by atoms with Crippen molar-refractivity contribution in [3.63, 3.8) is 0 Å². The third-order valence-corrected chi connectivity index (χ3v) is 4.97. The van der Waals surface area contributed by atoms with Crippen LogP contribution in [-0.4, -0.2) is 28.1 Å². The zero-order valence-corrected chi connectivity index (χ0v) is 16.9. The molecule has 1 aromatic heterocycles. The minimum atomic E-state index is -0.535. The van der Waals surface area contributed by atoms with Gasteiger partial charge in [0.15, 0.2) is 6.61 Å². The van der Waals surface area contributed by atoms with Crippen molar-refractivity contribution in [3.05, 3.63) is 81.7 Å². The number of ether oxygens (including phenoxy) is 1. The number of benzene rings is 2. The molecule has 0 saturated carbocycles. The molecule has 3 rings (SSSR count). The summed E-state index contributed by atoms with van der Waals surface area (Å²) in [6, 6.07) is 13.4. The maximum atomic E-state index is 12.6. The fraction of sp³-hybridized carbons (Fsp3) is 0.261. The number of esters is 1. The van der Waals surface area contributed by atoms with Gasteiger partial charge in [-0.2, -0.15) is 5.10 Å². The van der Waals surface area contributed by atoms with Gasteiger partial charge in [-0.1, -0.05) is 24.3 Å². The van der Waals surface area contributed by atoms with E-state index < -0.39 is 5.97 Å². The van der Waals surface area contributed by atoms with Crippen molar-refractivity contribution >= 4 is 11.8 Å². The predicted molar refractivity (Wildman–Crippen MR) is 108 cm³/mol. The summed E-state index contributed by atoms with van der Waals surface area (Å²) in [6.45, 7) is 9.14. The maximum absolute atomic E-state index is 12.6. The Bertz CT molecular complexity index is 1050. The van der Waals surface area contributed by atoms with Crippen molar-refractivity contribution in [2.24, 2.45) is 0 Å². The van der Waals surface area contributed by atoms with E-state index in [0.717, 1.165) is 22.4 Å². The fourth-order valence-corrected chi connectivity index (χ4v) is 3.30. The summed E-state index contributed by atoms with van der Waals surface area (Å²) in [6.07, 6.45) is 0. The van der Waals surface area contributed by atoms with Crippen LogP contribution in [0.2, 0.25) is 0 Å². The number of hydrogen-bond acceptors (Lipinski definition) is 4. The molecule has 0 atom stereocenters. The zero-order valence-electron chi connectivity index (χ0n) is 16.9. The Balaban J connectivity index is 1.78. The van der Waals surface area contributed by atoms with Crippen LogP contribution >= 0.6 is 0 Å². The van der Waals surface area contributed by atoms with E-state index in [1.165, 1.54) is 0 Å². The van der Waals surface area contributed by atoms with E-state index in [9.17, 15) is 9.59 Å². The van der Waals surface area contributed by atoms with Crippen molar-refractivity contribution in [2.45, 2.75) is 34.6 Å². The highest BCUT2D eigenvalue weighted by Gasteiger charge is 2.22. The fourth-order valence-electron chi connectivity index (χ4n) is 3.30. The van der Waals surface area contributed by atoms with Gasteiger partial charge in [0.1, 0.15) is 5.56 Å². The molecule has 5 heteroatoms. The van der Waals surface area contributed by atoms with E-state index in [1.807, 2.05) is 70.2 Å². The van der Waals surface area contributed by atoms with E-state index in [0.29, 0.717) is 22.5 Å². The molecule has 5 nitrogen and oxygen atoms in total. The lowest BCUT2D eigenvalue weighted by molar-refractivity contribution is 0.0473. The highest BCUT2D eigenvalue weighted by atomic mass is 16.5. The van der Waals surface area contributed by atoms with Gasteiger partial charge < -0.3 is 4.74 Å². The molecule has 0 bridgehead atoms. The summed E-state index contributed by atoms with van der Waals surface area (Å²) < 4.78 is 7.05. The van der Waals surface area contributed by atoms with Gasteiger partial charge in [-0.25, -0.2) is 9.48 Å². The Kier molecular flexibility index (Phi) is 5.45. The number of aryl methyl sites for hydroxylation is 4. The lowest BCUT2D eigenvalue weighted by atomic mass is 9.98. The summed E-state index contributed by atoms with van der Waals surface area (Å²) in [5, 5.41) is 4.45. The van der Waals surface area contributed by atoms with E-state index in [2.05, 4.69) is 5.10 Å². The van der Waals surface area contributed by atoms with Crippen LogP contribution < -0.4 is 0 Å². The van der Waals surface area contributed by atoms with E-state index in [4.69, 9.17) is 4.74 Å². The van der Waals surface area contributed by atoms with Gasteiger partial charge in [-0.15, -0.1) is 0 Å². The molecule has 144 valence electrons. The quantitative estimate of drug-likeness (QED) is 0.487. The molecule has 0 N–H and O–H groups in total. The Morgan fingerprint density at radius 2 is 1.57 bits per heavy atom. The average Bonchev–Trinajstić information content (AvgIpc) is 2.97. The zero-order chi connectivity index (χ0) is 20.4. The standard InChI is InChI=1S/C23H24N2O3/c1-14-11-16(3)20(12-15(14)2)21(26)13-28-23(27)22-17(4)24-25(18(22)5)19-9-7-6-8-10-19/h6-12H,13H2,1-5H3. The molecule has 0 aliphatic rings. The third-order valence-electron chi connectivity index (χ3n) is 4.97. The molecule has 1 heterocycles. The van der Waals surface area contributed by atoms with Gasteiger partial charge in [-0.3, -0.25) is 4.79 Å². The second-order valence-electron chi connectivity index (χ2n) is 7.04. The van der Waals surface area contributed by atoms with Crippen LogP contribution in [0.3, 0.4) is 0 Å². The van der Waals surface area contributed by atoms with Crippen LogP contribution in [-0.2, 0) is 4.74 Å². The number of para-hydroxylation sites is 1.